The Hall–Kier alpha value is -2.30. The number of hydrogen-bond donors (Lipinski definition) is 2. The lowest BCUT2D eigenvalue weighted by molar-refractivity contribution is -0.112. The molecule has 2 rings (SSSR count). The lowest BCUT2D eigenvalue weighted by Gasteiger charge is -2.07. The lowest BCUT2D eigenvalue weighted by atomic mass is 10.2. The van der Waals surface area contributed by atoms with Crippen LogP contribution in [0.15, 0.2) is 40.9 Å². The molecule has 0 radical (unpaired) electrons. The molecule has 1 aliphatic rings. The van der Waals surface area contributed by atoms with Gasteiger partial charge in [0.15, 0.2) is 0 Å². The van der Waals surface area contributed by atoms with E-state index in [2.05, 4.69) is 15.6 Å². The van der Waals surface area contributed by atoms with Crippen LogP contribution in [-0.4, -0.2) is 31.4 Å². The molecule has 0 spiro atoms. The highest BCUT2D eigenvalue weighted by Crippen LogP contribution is 2.18. The van der Waals surface area contributed by atoms with Crippen molar-refractivity contribution in [2.75, 3.05) is 19.0 Å². The van der Waals surface area contributed by atoms with E-state index >= 15 is 0 Å². The highest BCUT2D eigenvalue weighted by molar-refractivity contribution is 6.11. The summed E-state index contributed by atoms with van der Waals surface area (Å²) in [4.78, 5) is 16.4. The van der Waals surface area contributed by atoms with Crippen LogP contribution < -0.4 is 15.4 Å². The average Bonchev–Trinajstić information content (AvgIpc) is 2.86. The fourth-order valence-electron chi connectivity index (χ4n) is 1.86. The number of hydrogen-bond acceptors (Lipinski definition) is 4. The van der Waals surface area contributed by atoms with E-state index in [0.717, 1.165) is 5.84 Å². The van der Waals surface area contributed by atoms with Gasteiger partial charge in [-0.25, -0.2) is 0 Å². The van der Waals surface area contributed by atoms with Gasteiger partial charge in [0, 0.05) is 23.4 Å². The molecule has 5 nitrogen and oxygen atoms in total. The summed E-state index contributed by atoms with van der Waals surface area (Å²) < 4.78 is 5.12. The molecule has 5 heteroatoms. The summed E-state index contributed by atoms with van der Waals surface area (Å²) in [5.74, 6) is 1.33. The molecule has 0 atom stereocenters. The van der Waals surface area contributed by atoms with Crippen molar-refractivity contribution >= 4 is 17.4 Å². The molecule has 20 heavy (non-hydrogen) atoms. The van der Waals surface area contributed by atoms with Gasteiger partial charge >= 0.3 is 0 Å². The molecule has 1 amide bonds. The van der Waals surface area contributed by atoms with Gasteiger partial charge in [0.2, 0.25) is 0 Å². The SMILES string of the molecule is COc1cccc(NC(=O)C2=CC(NC(C)C)=NC2)c1. The monoisotopic (exact) mass is 273 g/mol. The van der Waals surface area contributed by atoms with Gasteiger partial charge in [0.1, 0.15) is 11.6 Å². The number of methoxy groups -OCH3 is 1. The number of rotatable bonds is 4. The van der Waals surface area contributed by atoms with Crippen molar-refractivity contribution in [1.82, 2.24) is 5.32 Å². The van der Waals surface area contributed by atoms with E-state index in [4.69, 9.17) is 4.74 Å². The first-order chi connectivity index (χ1) is 9.58. The number of amidine groups is 1. The summed E-state index contributed by atoms with van der Waals surface area (Å²) in [6.07, 6.45) is 1.79. The molecule has 106 valence electrons. The molecule has 0 saturated heterocycles. The van der Waals surface area contributed by atoms with Gasteiger partial charge < -0.3 is 15.4 Å². The van der Waals surface area contributed by atoms with Crippen molar-refractivity contribution in [2.24, 2.45) is 4.99 Å². The minimum absolute atomic E-state index is 0.137. The Morgan fingerprint density at radius 1 is 1.40 bits per heavy atom. The van der Waals surface area contributed by atoms with Crippen molar-refractivity contribution in [3.8, 4) is 5.75 Å². The number of carbonyl (C=O) groups excluding carboxylic acids is 1. The number of aliphatic imine (C=N–C) groups is 1. The molecule has 1 aromatic carbocycles. The van der Waals surface area contributed by atoms with E-state index in [1.165, 1.54) is 0 Å². The van der Waals surface area contributed by atoms with Gasteiger partial charge in [-0.1, -0.05) is 6.07 Å². The minimum atomic E-state index is -0.137. The van der Waals surface area contributed by atoms with Crippen LogP contribution in [0.5, 0.6) is 5.75 Å². The summed E-state index contributed by atoms with van der Waals surface area (Å²) in [6.45, 7) is 4.47. The van der Waals surface area contributed by atoms with Crippen LogP contribution in [0.4, 0.5) is 5.69 Å². The van der Waals surface area contributed by atoms with Crippen molar-refractivity contribution in [3.05, 3.63) is 35.9 Å². The third-order valence-electron chi connectivity index (χ3n) is 2.79. The zero-order valence-electron chi connectivity index (χ0n) is 11.9. The Bertz CT molecular complexity index is 562. The second-order valence-corrected chi connectivity index (χ2v) is 4.86. The quantitative estimate of drug-likeness (QED) is 0.881. The maximum atomic E-state index is 12.1. The highest BCUT2D eigenvalue weighted by atomic mass is 16.5. The Balaban J connectivity index is 1.99. The molecule has 0 fully saturated rings. The number of carbonyl (C=O) groups is 1. The van der Waals surface area contributed by atoms with E-state index in [9.17, 15) is 4.79 Å². The van der Waals surface area contributed by atoms with Gasteiger partial charge in [0.05, 0.1) is 13.7 Å². The van der Waals surface area contributed by atoms with Crippen LogP contribution in [0.25, 0.3) is 0 Å². The zero-order chi connectivity index (χ0) is 14.5. The Morgan fingerprint density at radius 3 is 2.90 bits per heavy atom. The van der Waals surface area contributed by atoms with Crippen LogP contribution in [0.1, 0.15) is 13.8 Å². The summed E-state index contributed by atoms with van der Waals surface area (Å²) in [5, 5.41) is 6.03. The van der Waals surface area contributed by atoms with Crippen LogP contribution >= 0.6 is 0 Å². The molecule has 0 unspecified atom stereocenters. The predicted molar refractivity (Wildman–Crippen MR) is 80.3 cm³/mol. The summed E-state index contributed by atoms with van der Waals surface area (Å²) in [5.41, 5.74) is 1.36. The number of ether oxygens (including phenoxy) is 1. The summed E-state index contributed by atoms with van der Waals surface area (Å²) in [6, 6.07) is 7.56. The van der Waals surface area contributed by atoms with Crippen molar-refractivity contribution < 1.29 is 9.53 Å². The fourth-order valence-corrected chi connectivity index (χ4v) is 1.86. The Kier molecular flexibility index (Phi) is 4.40. The van der Waals surface area contributed by atoms with Crippen molar-refractivity contribution in [2.45, 2.75) is 19.9 Å². The third kappa shape index (κ3) is 3.60. The van der Waals surface area contributed by atoms with Crippen molar-refractivity contribution in [3.63, 3.8) is 0 Å². The maximum absolute atomic E-state index is 12.1. The zero-order valence-corrected chi connectivity index (χ0v) is 11.9. The molecule has 0 bridgehead atoms. The number of nitrogens with zero attached hydrogens (tertiary/aromatic N) is 1. The second kappa shape index (κ2) is 6.23. The molecule has 0 aliphatic carbocycles. The van der Waals surface area contributed by atoms with E-state index in [-0.39, 0.29) is 5.91 Å². The highest BCUT2D eigenvalue weighted by Gasteiger charge is 2.16. The Morgan fingerprint density at radius 2 is 2.20 bits per heavy atom. The van der Waals surface area contributed by atoms with E-state index < -0.39 is 0 Å². The van der Waals surface area contributed by atoms with Gasteiger partial charge in [-0.2, -0.15) is 0 Å². The van der Waals surface area contributed by atoms with Crippen molar-refractivity contribution in [1.29, 1.82) is 0 Å². The molecule has 1 aromatic rings. The molecule has 1 heterocycles. The molecule has 1 aliphatic heterocycles. The first-order valence-corrected chi connectivity index (χ1v) is 6.55. The van der Waals surface area contributed by atoms with E-state index in [0.29, 0.717) is 29.6 Å². The number of amides is 1. The molecular weight excluding hydrogens is 254 g/mol. The van der Waals surface area contributed by atoms with Gasteiger partial charge in [-0.3, -0.25) is 9.79 Å². The molecule has 2 N–H and O–H groups in total. The topological polar surface area (TPSA) is 62.7 Å². The van der Waals surface area contributed by atoms with Crippen LogP contribution in [0, 0.1) is 0 Å². The minimum Gasteiger partial charge on any atom is -0.497 e. The first-order valence-electron chi connectivity index (χ1n) is 6.55. The third-order valence-corrected chi connectivity index (χ3v) is 2.79. The van der Waals surface area contributed by atoms with Gasteiger partial charge in [0.25, 0.3) is 5.91 Å². The molecule has 0 aromatic heterocycles. The largest absolute Gasteiger partial charge is 0.497 e. The average molecular weight is 273 g/mol. The van der Waals surface area contributed by atoms with Gasteiger partial charge in [-0.15, -0.1) is 0 Å². The normalized spacial score (nSPS) is 13.8. The van der Waals surface area contributed by atoms with Crippen LogP contribution in [-0.2, 0) is 4.79 Å². The Labute approximate surface area is 118 Å². The predicted octanol–water partition coefficient (Wildman–Crippen LogP) is 1.97. The first kappa shape index (κ1) is 14.1. The maximum Gasteiger partial charge on any atom is 0.253 e. The fraction of sp³-hybridized carbons (Fsp3) is 0.333. The second-order valence-electron chi connectivity index (χ2n) is 4.86. The number of anilines is 1. The molecular formula is C15H19N3O2. The lowest BCUT2D eigenvalue weighted by Crippen LogP contribution is -2.28. The van der Waals surface area contributed by atoms with E-state index in [1.807, 2.05) is 32.0 Å². The molecule has 0 saturated carbocycles. The van der Waals surface area contributed by atoms with E-state index in [1.54, 1.807) is 19.3 Å². The number of benzene rings is 1. The van der Waals surface area contributed by atoms with Crippen LogP contribution in [0.3, 0.4) is 0 Å². The summed E-state index contributed by atoms with van der Waals surface area (Å²) in [7, 11) is 1.60. The standard InChI is InChI=1S/C15H19N3O2/c1-10(2)17-14-7-11(9-16-14)15(19)18-12-5-4-6-13(8-12)20-3/h4-8,10H,9H2,1-3H3,(H,16,17)(H,18,19). The van der Waals surface area contributed by atoms with Crippen LogP contribution in [0.2, 0.25) is 0 Å². The number of nitrogens with one attached hydrogen (secondary N) is 2. The van der Waals surface area contributed by atoms with Gasteiger partial charge in [-0.05, 0) is 32.1 Å². The smallest absolute Gasteiger partial charge is 0.253 e. The summed E-state index contributed by atoms with van der Waals surface area (Å²) >= 11 is 0.